The van der Waals surface area contributed by atoms with Gasteiger partial charge in [-0.1, -0.05) is 82.4 Å². The Labute approximate surface area is 141 Å². The van der Waals surface area contributed by atoms with Crippen LogP contribution in [0.5, 0.6) is 5.75 Å². The van der Waals surface area contributed by atoms with Crippen molar-refractivity contribution in [3.05, 3.63) is 24.3 Å². The lowest BCUT2D eigenvalue weighted by atomic mass is 9.79. The fourth-order valence-corrected chi connectivity index (χ4v) is 3.01. The summed E-state index contributed by atoms with van der Waals surface area (Å²) >= 11 is 0. The first-order valence-corrected chi connectivity index (χ1v) is 9.35. The minimum absolute atomic E-state index is 0.443. The van der Waals surface area contributed by atoms with E-state index >= 15 is 0 Å². The van der Waals surface area contributed by atoms with E-state index in [1.165, 1.54) is 64.2 Å². The Morgan fingerprint density at radius 1 is 0.870 bits per heavy atom. The Kier molecular flexibility index (Phi) is 8.55. The minimum Gasteiger partial charge on any atom is -0.494 e. The van der Waals surface area contributed by atoms with Crippen LogP contribution in [0.15, 0.2) is 24.3 Å². The number of para-hydroxylation sites is 1. The molecule has 3 nitrogen and oxygen atoms in total. The SMILES string of the molecule is OB(O)c1ccccc1OCCCCCCCCCCC1CC1. The fraction of sp³-hybridized carbons (Fsp3) is 0.684. The molecule has 128 valence electrons. The molecule has 0 saturated heterocycles. The van der Waals surface area contributed by atoms with Crippen LogP contribution in [0.2, 0.25) is 0 Å². The van der Waals surface area contributed by atoms with E-state index in [0.717, 1.165) is 12.3 Å². The van der Waals surface area contributed by atoms with Crippen molar-refractivity contribution < 1.29 is 14.8 Å². The molecule has 1 aromatic carbocycles. The molecule has 1 aliphatic carbocycles. The lowest BCUT2D eigenvalue weighted by Gasteiger charge is -2.10. The van der Waals surface area contributed by atoms with Gasteiger partial charge in [-0.15, -0.1) is 0 Å². The summed E-state index contributed by atoms with van der Waals surface area (Å²) < 4.78 is 5.67. The van der Waals surface area contributed by atoms with Gasteiger partial charge in [0.1, 0.15) is 5.75 Å². The predicted octanol–water partition coefficient (Wildman–Crippen LogP) is 3.67. The van der Waals surface area contributed by atoms with E-state index in [4.69, 9.17) is 4.74 Å². The maximum absolute atomic E-state index is 9.28. The third-order valence-electron chi connectivity index (χ3n) is 4.66. The van der Waals surface area contributed by atoms with Crippen molar-refractivity contribution in [1.29, 1.82) is 0 Å². The van der Waals surface area contributed by atoms with Crippen LogP contribution in [0.3, 0.4) is 0 Å². The lowest BCUT2D eigenvalue weighted by molar-refractivity contribution is 0.304. The first-order valence-electron chi connectivity index (χ1n) is 9.35. The summed E-state index contributed by atoms with van der Waals surface area (Å²) in [7, 11) is -1.47. The molecule has 1 fully saturated rings. The molecule has 0 atom stereocenters. The first kappa shape index (κ1) is 18.3. The van der Waals surface area contributed by atoms with E-state index in [1.807, 2.05) is 6.07 Å². The molecule has 0 bridgehead atoms. The van der Waals surface area contributed by atoms with Crippen LogP contribution in [0.25, 0.3) is 0 Å². The Balaban J connectivity index is 1.42. The van der Waals surface area contributed by atoms with Crippen LogP contribution in [0.1, 0.15) is 70.6 Å². The van der Waals surface area contributed by atoms with Gasteiger partial charge in [0.15, 0.2) is 0 Å². The fourth-order valence-electron chi connectivity index (χ4n) is 3.01. The van der Waals surface area contributed by atoms with E-state index < -0.39 is 7.12 Å². The number of hydrogen-bond donors (Lipinski definition) is 2. The Hall–Kier alpha value is -0.995. The van der Waals surface area contributed by atoms with E-state index in [9.17, 15) is 10.0 Å². The normalized spacial score (nSPS) is 14.0. The highest BCUT2D eigenvalue weighted by molar-refractivity contribution is 6.59. The molecule has 0 aliphatic heterocycles. The summed E-state index contributed by atoms with van der Waals surface area (Å²) in [4.78, 5) is 0. The Bertz CT molecular complexity index is 432. The molecule has 1 aliphatic rings. The summed E-state index contributed by atoms with van der Waals surface area (Å²) in [5, 5.41) is 18.6. The van der Waals surface area contributed by atoms with Gasteiger partial charge in [-0.05, 0) is 18.4 Å². The molecule has 0 radical (unpaired) electrons. The maximum Gasteiger partial charge on any atom is 0.492 e. The molecule has 0 unspecified atom stereocenters. The van der Waals surface area contributed by atoms with Crippen molar-refractivity contribution in [2.45, 2.75) is 70.6 Å². The molecule has 23 heavy (non-hydrogen) atoms. The maximum atomic E-state index is 9.28. The van der Waals surface area contributed by atoms with Crippen LogP contribution in [0.4, 0.5) is 0 Å². The van der Waals surface area contributed by atoms with Crippen LogP contribution in [-0.2, 0) is 0 Å². The van der Waals surface area contributed by atoms with Gasteiger partial charge in [0.2, 0.25) is 0 Å². The number of ether oxygens (including phenoxy) is 1. The van der Waals surface area contributed by atoms with Crippen molar-refractivity contribution in [1.82, 2.24) is 0 Å². The highest BCUT2D eigenvalue weighted by Crippen LogP contribution is 2.34. The average Bonchev–Trinajstić information content (AvgIpc) is 3.37. The summed E-state index contributed by atoms with van der Waals surface area (Å²) in [5.41, 5.74) is 0.443. The molecule has 2 rings (SSSR count). The molecule has 1 aromatic rings. The topological polar surface area (TPSA) is 49.7 Å². The third kappa shape index (κ3) is 7.89. The summed E-state index contributed by atoms with van der Waals surface area (Å²) in [5.74, 6) is 1.67. The number of rotatable bonds is 13. The average molecular weight is 318 g/mol. The molecule has 1 saturated carbocycles. The molecule has 0 heterocycles. The molecule has 4 heteroatoms. The van der Waals surface area contributed by atoms with Crippen LogP contribution >= 0.6 is 0 Å². The third-order valence-corrected chi connectivity index (χ3v) is 4.66. The smallest absolute Gasteiger partial charge is 0.492 e. The summed E-state index contributed by atoms with van der Waals surface area (Å²) in [6.45, 7) is 0.644. The summed E-state index contributed by atoms with van der Waals surface area (Å²) in [6, 6.07) is 7.11. The van der Waals surface area contributed by atoms with Gasteiger partial charge in [-0.3, -0.25) is 0 Å². The molecule has 0 amide bonds. The number of unbranched alkanes of at least 4 members (excludes halogenated alkanes) is 7. The zero-order valence-electron chi connectivity index (χ0n) is 14.3. The van der Waals surface area contributed by atoms with Crippen molar-refractivity contribution in [2.75, 3.05) is 6.61 Å². The van der Waals surface area contributed by atoms with Crippen LogP contribution in [-0.4, -0.2) is 23.8 Å². The van der Waals surface area contributed by atoms with Gasteiger partial charge < -0.3 is 14.8 Å². The van der Waals surface area contributed by atoms with E-state index in [0.29, 0.717) is 17.8 Å². The quantitative estimate of drug-likeness (QED) is 0.431. The van der Waals surface area contributed by atoms with E-state index in [2.05, 4.69) is 0 Å². The van der Waals surface area contributed by atoms with Gasteiger partial charge in [-0.2, -0.15) is 0 Å². The molecular weight excluding hydrogens is 287 g/mol. The predicted molar refractivity (Wildman–Crippen MR) is 96.0 cm³/mol. The molecule has 2 N–H and O–H groups in total. The van der Waals surface area contributed by atoms with Crippen molar-refractivity contribution in [2.24, 2.45) is 5.92 Å². The molecular formula is C19H31BO3. The van der Waals surface area contributed by atoms with E-state index in [-0.39, 0.29) is 0 Å². The standard InChI is InChI=1S/C19H31BO3/c21-20(22)18-12-8-9-13-19(18)23-16-10-6-4-2-1-3-5-7-11-17-14-15-17/h8-9,12-13,17,21-22H,1-7,10-11,14-16H2. The highest BCUT2D eigenvalue weighted by atomic mass is 16.5. The van der Waals surface area contributed by atoms with Gasteiger partial charge in [0, 0.05) is 5.46 Å². The highest BCUT2D eigenvalue weighted by Gasteiger charge is 2.19. The molecule has 0 aromatic heterocycles. The van der Waals surface area contributed by atoms with Gasteiger partial charge in [-0.25, -0.2) is 0 Å². The van der Waals surface area contributed by atoms with Gasteiger partial charge in [0.25, 0.3) is 0 Å². The zero-order valence-corrected chi connectivity index (χ0v) is 14.3. The van der Waals surface area contributed by atoms with E-state index in [1.54, 1.807) is 18.2 Å². The second-order valence-corrected chi connectivity index (χ2v) is 6.82. The van der Waals surface area contributed by atoms with Crippen molar-refractivity contribution >= 4 is 12.6 Å². The largest absolute Gasteiger partial charge is 0.494 e. The number of hydrogen-bond acceptors (Lipinski definition) is 3. The van der Waals surface area contributed by atoms with Crippen LogP contribution < -0.4 is 10.2 Å². The van der Waals surface area contributed by atoms with Gasteiger partial charge >= 0.3 is 7.12 Å². The monoisotopic (exact) mass is 318 g/mol. The van der Waals surface area contributed by atoms with Crippen LogP contribution in [0, 0.1) is 5.92 Å². The minimum atomic E-state index is -1.47. The lowest BCUT2D eigenvalue weighted by Crippen LogP contribution is -2.31. The second-order valence-electron chi connectivity index (χ2n) is 6.82. The van der Waals surface area contributed by atoms with Gasteiger partial charge in [0.05, 0.1) is 6.61 Å². The second kappa shape index (κ2) is 10.7. The first-order chi connectivity index (χ1) is 11.3. The van der Waals surface area contributed by atoms with Crippen molar-refractivity contribution in [3.8, 4) is 5.75 Å². The Morgan fingerprint density at radius 2 is 1.48 bits per heavy atom. The molecule has 0 spiro atoms. The summed E-state index contributed by atoms with van der Waals surface area (Å²) in [6.07, 6.45) is 14.9. The van der Waals surface area contributed by atoms with Crippen molar-refractivity contribution in [3.63, 3.8) is 0 Å². The zero-order chi connectivity index (χ0) is 16.3. The Morgan fingerprint density at radius 3 is 2.13 bits per heavy atom. The number of benzene rings is 1.